The highest BCUT2D eigenvalue weighted by Crippen LogP contribution is 2.38. The summed E-state index contributed by atoms with van der Waals surface area (Å²) in [5.74, 6) is 1.57. The SMILES string of the molecule is O=[N+]([O-])c1ccc(NCc2nc3ccccc3n2C2CC2)nc1. The first-order valence-corrected chi connectivity index (χ1v) is 7.52. The minimum atomic E-state index is -0.455. The van der Waals surface area contributed by atoms with Crippen molar-refractivity contribution >= 4 is 22.5 Å². The van der Waals surface area contributed by atoms with Gasteiger partial charge in [0.05, 0.1) is 22.5 Å². The number of rotatable bonds is 5. The predicted molar refractivity (Wildman–Crippen MR) is 86.2 cm³/mol. The maximum atomic E-state index is 10.6. The third-order valence-electron chi connectivity index (χ3n) is 3.97. The molecule has 2 heterocycles. The van der Waals surface area contributed by atoms with Crippen LogP contribution in [-0.4, -0.2) is 19.5 Å². The van der Waals surface area contributed by atoms with Gasteiger partial charge in [-0.2, -0.15) is 0 Å². The highest BCUT2D eigenvalue weighted by atomic mass is 16.6. The fraction of sp³-hybridized carbons (Fsp3) is 0.250. The molecule has 116 valence electrons. The Morgan fingerprint density at radius 3 is 2.78 bits per heavy atom. The number of nitrogens with zero attached hydrogens (tertiary/aromatic N) is 4. The first kappa shape index (κ1) is 13.7. The second-order valence-electron chi connectivity index (χ2n) is 5.63. The summed E-state index contributed by atoms with van der Waals surface area (Å²) >= 11 is 0. The van der Waals surface area contributed by atoms with Gasteiger partial charge >= 0.3 is 0 Å². The molecule has 1 aromatic carbocycles. The molecule has 0 atom stereocenters. The molecular weight excluding hydrogens is 294 g/mol. The first-order chi connectivity index (χ1) is 11.2. The zero-order valence-corrected chi connectivity index (χ0v) is 12.3. The Morgan fingerprint density at radius 1 is 1.26 bits per heavy atom. The van der Waals surface area contributed by atoms with Gasteiger partial charge in [0, 0.05) is 12.1 Å². The van der Waals surface area contributed by atoms with Crippen LogP contribution in [0.2, 0.25) is 0 Å². The molecule has 2 aromatic heterocycles. The molecule has 7 heteroatoms. The predicted octanol–water partition coefficient (Wildman–Crippen LogP) is 3.29. The summed E-state index contributed by atoms with van der Waals surface area (Å²) in [5, 5.41) is 13.8. The van der Waals surface area contributed by atoms with Crippen molar-refractivity contribution < 1.29 is 4.92 Å². The van der Waals surface area contributed by atoms with E-state index in [4.69, 9.17) is 4.98 Å². The smallest absolute Gasteiger partial charge is 0.287 e. The van der Waals surface area contributed by atoms with Gasteiger partial charge in [-0.3, -0.25) is 10.1 Å². The van der Waals surface area contributed by atoms with E-state index >= 15 is 0 Å². The summed E-state index contributed by atoms with van der Waals surface area (Å²) in [6.07, 6.45) is 3.62. The van der Waals surface area contributed by atoms with Gasteiger partial charge in [-0.15, -0.1) is 0 Å². The summed E-state index contributed by atoms with van der Waals surface area (Å²) in [6, 6.07) is 11.7. The van der Waals surface area contributed by atoms with Crippen molar-refractivity contribution in [2.75, 3.05) is 5.32 Å². The number of nitro groups is 1. The number of fused-ring (bicyclic) bond motifs is 1. The molecular formula is C16H15N5O2. The van der Waals surface area contributed by atoms with E-state index in [0.29, 0.717) is 18.4 Å². The number of benzene rings is 1. The van der Waals surface area contributed by atoms with Crippen LogP contribution in [0.4, 0.5) is 11.5 Å². The third kappa shape index (κ3) is 2.61. The zero-order chi connectivity index (χ0) is 15.8. The molecule has 0 saturated heterocycles. The number of para-hydroxylation sites is 2. The van der Waals surface area contributed by atoms with E-state index in [9.17, 15) is 10.1 Å². The lowest BCUT2D eigenvalue weighted by molar-refractivity contribution is -0.385. The lowest BCUT2D eigenvalue weighted by atomic mass is 10.3. The highest BCUT2D eigenvalue weighted by molar-refractivity contribution is 5.76. The van der Waals surface area contributed by atoms with Crippen molar-refractivity contribution in [2.45, 2.75) is 25.4 Å². The number of hydrogen-bond donors (Lipinski definition) is 1. The molecule has 1 fully saturated rings. The van der Waals surface area contributed by atoms with E-state index in [1.807, 2.05) is 18.2 Å². The molecule has 0 spiro atoms. The Kier molecular flexibility index (Phi) is 3.18. The number of imidazole rings is 1. The molecule has 0 radical (unpaired) electrons. The standard InChI is InChI=1S/C16H15N5O2/c22-21(23)12-7-8-15(17-9-12)18-10-16-19-13-3-1-2-4-14(13)20(16)11-5-6-11/h1-4,7-9,11H,5-6,10H2,(H,17,18). The molecule has 1 saturated carbocycles. The molecule has 1 aliphatic rings. The van der Waals surface area contributed by atoms with E-state index in [1.165, 1.54) is 25.1 Å². The Hall–Kier alpha value is -2.96. The van der Waals surface area contributed by atoms with Gasteiger partial charge in [0.15, 0.2) is 0 Å². The summed E-state index contributed by atoms with van der Waals surface area (Å²) in [4.78, 5) is 19.0. The van der Waals surface area contributed by atoms with Crippen LogP contribution in [0.1, 0.15) is 24.7 Å². The average molecular weight is 309 g/mol. The highest BCUT2D eigenvalue weighted by Gasteiger charge is 2.27. The van der Waals surface area contributed by atoms with Crippen molar-refractivity contribution in [3.8, 4) is 0 Å². The monoisotopic (exact) mass is 309 g/mol. The normalized spacial score (nSPS) is 14.1. The number of hydrogen-bond acceptors (Lipinski definition) is 5. The van der Waals surface area contributed by atoms with Crippen molar-refractivity contribution in [1.82, 2.24) is 14.5 Å². The molecule has 4 rings (SSSR count). The van der Waals surface area contributed by atoms with Crippen molar-refractivity contribution in [3.05, 3.63) is 58.5 Å². The van der Waals surface area contributed by atoms with Crippen LogP contribution in [0, 0.1) is 10.1 Å². The van der Waals surface area contributed by atoms with E-state index in [1.54, 1.807) is 6.07 Å². The molecule has 0 aliphatic heterocycles. The van der Waals surface area contributed by atoms with Gasteiger partial charge in [0.25, 0.3) is 5.69 Å². The second-order valence-corrected chi connectivity index (χ2v) is 5.63. The number of anilines is 1. The maximum absolute atomic E-state index is 10.6. The summed E-state index contributed by atoms with van der Waals surface area (Å²) in [6.45, 7) is 0.538. The largest absolute Gasteiger partial charge is 0.363 e. The quantitative estimate of drug-likeness (QED) is 0.577. The van der Waals surface area contributed by atoms with E-state index in [2.05, 4.69) is 20.9 Å². The lowest BCUT2D eigenvalue weighted by Gasteiger charge is -2.09. The molecule has 0 amide bonds. The molecule has 0 unspecified atom stereocenters. The van der Waals surface area contributed by atoms with Crippen LogP contribution in [-0.2, 0) is 6.54 Å². The maximum Gasteiger partial charge on any atom is 0.287 e. The van der Waals surface area contributed by atoms with Crippen LogP contribution in [0.3, 0.4) is 0 Å². The number of nitrogens with one attached hydrogen (secondary N) is 1. The van der Waals surface area contributed by atoms with E-state index in [0.717, 1.165) is 16.9 Å². The summed E-state index contributed by atoms with van der Waals surface area (Å²) in [5.41, 5.74) is 2.14. The Balaban J connectivity index is 1.58. The van der Waals surface area contributed by atoms with Gasteiger partial charge in [-0.1, -0.05) is 12.1 Å². The summed E-state index contributed by atoms with van der Waals surface area (Å²) in [7, 11) is 0. The van der Waals surface area contributed by atoms with Gasteiger partial charge in [-0.05, 0) is 31.0 Å². The van der Waals surface area contributed by atoms with Crippen LogP contribution in [0.5, 0.6) is 0 Å². The zero-order valence-electron chi connectivity index (χ0n) is 12.3. The minimum Gasteiger partial charge on any atom is -0.363 e. The first-order valence-electron chi connectivity index (χ1n) is 7.52. The average Bonchev–Trinajstić information content (AvgIpc) is 3.33. The number of aromatic nitrogens is 3. The number of pyridine rings is 1. The van der Waals surface area contributed by atoms with Gasteiger partial charge in [0.1, 0.15) is 17.8 Å². The molecule has 7 nitrogen and oxygen atoms in total. The van der Waals surface area contributed by atoms with E-state index in [-0.39, 0.29) is 5.69 Å². The Morgan fingerprint density at radius 2 is 2.09 bits per heavy atom. The minimum absolute atomic E-state index is 0.0132. The summed E-state index contributed by atoms with van der Waals surface area (Å²) < 4.78 is 2.29. The van der Waals surface area contributed by atoms with E-state index < -0.39 is 4.92 Å². The second kappa shape index (κ2) is 5.35. The fourth-order valence-corrected chi connectivity index (χ4v) is 2.73. The molecule has 3 aromatic rings. The third-order valence-corrected chi connectivity index (χ3v) is 3.97. The van der Waals surface area contributed by atoms with Crippen molar-refractivity contribution in [1.29, 1.82) is 0 Å². The van der Waals surface area contributed by atoms with Gasteiger partial charge in [0.2, 0.25) is 0 Å². The van der Waals surface area contributed by atoms with Crippen LogP contribution in [0.25, 0.3) is 11.0 Å². The van der Waals surface area contributed by atoms with Crippen LogP contribution in [0.15, 0.2) is 42.6 Å². The fourth-order valence-electron chi connectivity index (χ4n) is 2.73. The lowest BCUT2D eigenvalue weighted by Crippen LogP contribution is -2.08. The molecule has 0 bridgehead atoms. The van der Waals surface area contributed by atoms with Gasteiger partial charge in [-0.25, -0.2) is 9.97 Å². The van der Waals surface area contributed by atoms with Crippen LogP contribution < -0.4 is 5.32 Å². The van der Waals surface area contributed by atoms with Crippen molar-refractivity contribution in [3.63, 3.8) is 0 Å². The topological polar surface area (TPSA) is 85.9 Å². The molecule has 1 N–H and O–H groups in total. The van der Waals surface area contributed by atoms with Crippen LogP contribution >= 0.6 is 0 Å². The van der Waals surface area contributed by atoms with Crippen molar-refractivity contribution in [2.24, 2.45) is 0 Å². The molecule has 1 aliphatic carbocycles. The Bertz CT molecular complexity index is 868. The molecule has 23 heavy (non-hydrogen) atoms. The van der Waals surface area contributed by atoms with Gasteiger partial charge < -0.3 is 9.88 Å². The Labute approximate surface area is 132 Å².